The van der Waals surface area contributed by atoms with Crippen LogP contribution in [0.5, 0.6) is 0 Å². The Hall–Kier alpha value is -0.120. The second-order valence-electron chi connectivity index (χ2n) is 4.85. The van der Waals surface area contributed by atoms with Gasteiger partial charge in [0.15, 0.2) is 0 Å². The monoisotopic (exact) mass is 228 g/mol. The molecule has 16 heavy (non-hydrogen) atoms. The Morgan fingerprint density at radius 3 is 2.69 bits per heavy atom. The molecule has 1 aliphatic rings. The normalized spacial score (nSPS) is 28.5. The van der Waals surface area contributed by atoms with E-state index in [2.05, 4.69) is 31.0 Å². The van der Waals surface area contributed by atoms with Crippen molar-refractivity contribution in [3.63, 3.8) is 0 Å². The third-order valence-corrected chi connectivity index (χ3v) is 3.73. The Balaban J connectivity index is 2.58. The molecule has 0 bridgehead atoms. The van der Waals surface area contributed by atoms with Crippen molar-refractivity contribution in [3.05, 3.63) is 0 Å². The summed E-state index contributed by atoms with van der Waals surface area (Å²) in [6, 6.07) is 2.00. The van der Waals surface area contributed by atoms with Crippen LogP contribution in [0.25, 0.3) is 0 Å². The van der Waals surface area contributed by atoms with E-state index in [0.29, 0.717) is 12.1 Å². The average Bonchev–Trinajstić information content (AvgIpc) is 2.66. The third kappa shape index (κ3) is 3.44. The first-order chi connectivity index (χ1) is 7.74. The largest absolute Gasteiger partial charge is 0.383 e. The molecule has 3 heteroatoms. The standard InChI is InChI=1S/C13H28N2O/c1-5-12-8-7-11(3)15(12)13(10-16-4)9-14-6-2/h11-14H,5-10H2,1-4H3. The molecule has 1 rings (SSSR count). The molecular formula is C13H28N2O. The maximum absolute atomic E-state index is 5.37. The van der Waals surface area contributed by atoms with E-state index < -0.39 is 0 Å². The van der Waals surface area contributed by atoms with Crippen molar-refractivity contribution in [1.29, 1.82) is 0 Å². The van der Waals surface area contributed by atoms with Crippen LogP contribution in [0.15, 0.2) is 0 Å². The van der Waals surface area contributed by atoms with Crippen LogP contribution in [0.4, 0.5) is 0 Å². The minimum atomic E-state index is 0.535. The molecule has 0 aromatic heterocycles. The van der Waals surface area contributed by atoms with E-state index in [1.165, 1.54) is 19.3 Å². The first kappa shape index (κ1) is 13.9. The lowest BCUT2D eigenvalue weighted by atomic mass is 10.1. The first-order valence-corrected chi connectivity index (χ1v) is 6.71. The highest BCUT2D eigenvalue weighted by molar-refractivity contribution is 4.90. The Labute approximate surface area is 101 Å². The van der Waals surface area contributed by atoms with Gasteiger partial charge in [-0.1, -0.05) is 13.8 Å². The van der Waals surface area contributed by atoms with Gasteiger partial charge in [0, 0.05) is 31.8 Å². The van der Waals surface area contributed by atoms with Crippen LogP contribution < -0.4 is 5.32 Å². The van der Waals surface area contributed by atoms with Crippen molar-refractivity contribution in [3.8, 4) is 0 Å². The summed E-state index contributed by atoms with van der Waals surface area (Å²) in [7, 11) is 1.81. The summed E-state index contributed by atoms with van der Waals surface area (Å²) in [6.45, 7) is 9.74. The summed E-state index contributed by atoms with van der Waals surface area (Å²) in [6.07, 6.45) is 3.95. The quantitative estimate of drug-likeness (QED) is 0.720. The molecule has 3 atom stereocenters. The zero-order valence-corrected chi connectivity index (χ0v) is 11.3. The van der Waals surface area contributed by atoms with Gasteiger partial charge in [0.05, 0.1) is 6.61 Å². The Morgan fingerprint density at radius 2 is 2.12 bits per heavy atom. The topological polar surface area (TPSA) is 24.5 Å². The number of nitrogens with zero attached hydrogens (tertiary/aromatic N) is 1. The van der Waals surface area contributed by atoms with Gasteiger partial charge in [-0.3, -0.25) is 4.90 Å². The van der Waals surface area contributed by atoms with E-state index in [0.717, 1.165) is 25.7 Å². The fourth-order valence-electron chi connectivity index (χ4n) is 2.92. The van der Waals surface area contributed by atoms with Gasteiger partial charge in [-0.2, -0.15) is 0 Å². The van der Waals surface area contributed by atoms with Crippen LogP contribution in [-0.2, 0) is 4.74 Å². The molecule has 1 N–H and O–H groups in total. The van der Waals surface area contributed by atoms with Crippen molar-refractivity contribution in [2.75, 3.05) is 26.8 Å². The van der Waals surface area contributed by atoms with Crippen molar-refractivity contribution in [1.82, 2.24) is 10.2 Å². The van der Waals surface area contributed by atoms with Gasteiger partial charge in [-0.25, -0.2) is 0 Å². The predicted octanol–water partition coefficient (Wildman–Crippen LogP) is 1.87. The maximum Gasteiger partial charge on any atom is 0.0630 e. The second kappa shape index (κ2) is 7.25. The van der Waals surface area contributed by atoms with Gasteiger partial charge >= 0.3 is 0 Å². The van der Waals surface area contributed by atoms with Gasteiger partial charge in [-0.05, 0) is 32.7 Å². The number of methoxy groups -OCH3 is 1. The van der Waals surface area contributed by atoms with E-state index in [1.54, 1.807) is 7.11 Å². The number of likely N-dealkylation sites (tertiary alicyclic amines) is 1. The zero-order valence-electron chi connectivity index (χ0n) is 11.3. The molecule has 1 fully saturated rings. The molecule has 3 nitrogen and oxygen atoms in total. The predicted molar refractivity (Wildman–Crippen MR) is 68.8 cm³/mol. The Morgan fingerprint density at radius 1 is 1.38 bits per heavy atom. The van der Waals surface area contributed by atoms with Crippen molar-refractivity contribution in [2.45, 2.75) is 58.2 Å². The number of rotatable bonds is 7. The van der Waals surface area contributed by atoms with E-state index >= 15 is 0 Å². The van der Waals surface area contributed by atoms with Gasteiger partial charge < -0.3 is 10.1 Å². The fraction of sp³-hybridized carbons (Fsp3) is 1.00. The van der Waals surface area contributed by atoms with Crippen LogP contribution in [0, 0.1) is 0 Å². The van der Waals surface area contributed by atoms with E-state index in [1.807, 2.05) is 0 Å². The average molecular weight is 228 g/mol. The minimum Gasteiger partial charge on any atom is -0.383 e. The summed E-state index contributed by atoms with van der Waals surface area (Å²) >= 11 is 0. The Kier molecular flexibility index (Phi) is 6.32. The number of hydrogen-bond donors (Lipinski definition) is 1. The van der Waals surface area contributed by atoms with Crippen LogP contribution in [0.2, 0.25) is 0 Å². The number of hydrogen-bond acceptors (Lipinski definition) is 3. The fourth-order valence-corrected chi connectivity index (χ4v) is 2.92. The molecule has 0 spiro atoms. The molecule has 96 valence electrons. The van der Waals surface area contributed by atoms with Gasteiger partial charge in [-0.15, -0.1) is 0 Å². The molecule has 3 unspecified atom stereocenters. The van der Waals surface area contributed by atoms with Gasteiger partial charge in [0.2, 0.25) is 0 Å². The summed E-state index contributed by atoms with van der Waals surface area (Å²) in [5.74, 6) is 0. The lowest BCUT2D eigenvalue weighted by Gasteiger charge is -2.35. The lowest BCUT2D eigenvalue weighted by molar-refractivity contribution is 0.0592. The van der Waals surface area contributed by atoms with Gasteiger partial charge in [0.25, 0.3) is 0 Å². The summed E-state index contributed by atoms with van der Waals surface area (Å²) < 4.78 is 5.37. The molecule has 0 amide bonds. The smallest absolute Gasteiger partial charge is 0.0630 e. The second-order valence-corrected chi connectivity index (χ2v) is 4.85. The van der Waals surface area contributed by atoms with E-state index in [-0.39, 0.29) is 0 Å². The molecule has 0 saturated carbocycles. The van der Waals surface area contributed by atoms with Crippen LogP contribution in [0.1, 0.15) is 40.0 Å². The van der Waals surface area contributed by atoms with Crippen LogP contribution in [0.3, 0.4) is 0 Å². The van der Waals surface area contributed by atoms with Crippen LogP contribution in [-0.4, -0.2) is 49.8 Å². The maximum atomic E-state index is 5.37. The number of nitrogens with one attached hydrogen (secondary N) is 1. The molecule has 1 saturated heterocycles. The first-order valence-electron chi connectivity index (χ1n) is 6.71. The van der Waals surface area contributed by atoms with Crippen LogP contribution >= 0.6 is 0 Å². The molecular weight excluding hydrogens is 200 g/mol. The SMILES string of the molecule is CCNCC(COC)N1C(C)CCC1CC. The number of likely N-dealkylation sites (N-methyl/N-ethyl adjacent to an activating group) is 1. The minimum absolute atomic E-state index is 0.535. The van der Waals surface area contributed by atoms with Crippen molar-refractivity contribution in [2.24, 2.45) is 0 Å². The van der Waals surface area contributed by atoms with E-state index in [4.69, 9.17) is 4.74 Å². The third-order valence-electron chi connectivity index (χ3n) is 3.73. The molecule has 0 aromatic carbocycles. The zero-order chi connectivity index (χ0) is 12.0. The molecule has 1 aliphatic heterocycles. The number of ether oxygens (including phenoxy) is 1. The molecule has 0 radical (unpaired) electrons. The highest BCUT2D eigenvalue weighted by Gasteiger charge is 2.34. The Bertz CT molecular complexity index is 187. The van der Waals surface area contributed by atoms with Crippen molar-refractivity contribution < 1.29 is 4.74 Å². The highest BCUT2D eigenvalue weighted by Crippen LogP contribution is 2.28. The molecule has 1 heterocycles. The summed E-state index contributed by atoms with van der Waals surface area (Å²) in [4.78, 5) is 2.67. The molecule has 0 aliphatic carbocycles. The van der Waals surface area contributed by atoms with Crippen molar-refractivity contribution >= 4 is 0 Å². The molecule has 0 aromatic rings. The lowest BCUT2D eigenvalue weighted by Crippen LogP contribution is -2.50. The van der Waals surface area contributed by atoms with E-state index in [9.17, 15) is 0 Å². The summed E-state index contributed by atoms with van der Waals surface area (Å²) in [5.41, 5.74) is 0. The summed E-state index contributed by atoms with van der Waals surface area (Å²) in [5, 5.41) is 3.45. The van der Waals surface area contributed by atoms with Gasteiger partial charge in [0.1, 0.15) is 0 Å². The highest BCUT2D eigenvalue weighted by atomic mass is 16.5.